The first-order chi connectivity index (χ1) is 28.1. The first kappa shape index (κ1) is 43.6. The summed E-state index contributed by atoms with van der Waals surface area (Å²) in [5.74, 6) is -0.775. The molecule has 0 bridgehead atoms. The third-order valence-corrected chi connectivity index (χ3v) is 9.41. The molecule has 1 aliphatic rings. The fraction of sp³-hybridized carbons (Fsp3) is 0.415. The Bertz CT molecular complexity index is 2230. The van der Waals surface area contributed by atoms with Crippen molar-refractivity contribution < 1.29 is 33.4 Å². The van der Waals surface area contributed by atoms with Crippen molar-refractivity contribution in [3.8, 4) is 11.5 Å². The van der Waals surface area contributed by atoms with Crippen LogP contribution in [-0.4, -0.2) is 99.6 Å². The Balaban J connectivity index is 1.24. The number of alkyl carbamates (subject to hydrolysis) is 1. The number of nitrogen functional groups attached to an aromatic ring is 1. The van der Waals surface area contributed by atoms with E-state index in [2.05, 4.69) is 30.9 Å². The van der Waals surface area contributed by atoms with Gasteiger partial charge in [-0.25, -0.2) is 9.78 Å². The Morgan fingerprint density at radius 3 is 2.27 bits per heavy atom. The molecular weight excluding hydrogens is 759 g/mol. The molecule has 2 aromatic carbocycles. The molecule has 0 spiro atoms. The number of nitrogens with two attached hydrogens (primary N) is 3. The number of aromatic nitrogens is 4. The minimum absolute atomic E-state index is 0.0710. The molecule has 5 rings (SSSR count). The number of nitrogens with zero attached hydrogens (tertiary/aromatic N) is 5. The van der Waals surface area contributed by atoms with Crippen molar-refractivity contribution in [1.82, 2.24) is 29.5 Å². The highest BCUT2D eigenvalue weighted by Crippen LogP contribution is 2.33. The van der Waals surface area contributed by atoms with Crippen molar-refractivity contribution in [3.63, 3.8) is 0 Å². The van der Waals surface area contributed by atoms with E-state index in [1.54, 1.807) is 27.4 Å². The van der Waals surface area contributed by atoms with Crippen LogP contribution in [0, 0.1) is 6.92 Å². The normalized spacial score (nSPS) is 13.9. The van der Waals surface area contributed by atoms with Gasteiger partial charge < -0.3 is 46.6 Å². The molecule has 3 heterocycles. The molecule has 316 valence electrons. The van der Waals surface area contributed by atoms with E-state index in [9.17, 15) is 19.2 Å². The highest BCUT2D eigenvalue weighted by molar-refractivity contribution is 6.04. The number of nitrogens with one attached hydrogen (secondary N) is 3. The van der Waals surface area contributed by atoms with Crippen molar-refractivity contribution in [2.75, 3.05) is 56.3 Å². The number of piperidine rings is 1. The lowest BCUT2D eigenvalue weighted by Gasteiger charge is -2.32. The lowest BCUT2D eigenvalue weighted by Crippen LogP contribution is -2.46. The topological polar surface area (TPSA) is 249 Å². The van der Waals surface area contributed by atoms with Gasteiger partial charge in [-0.3, -0.25) is 29.3 Å². The molecule has 0 atom stereocenters. The highest BCUT2D eigenvalue weighted by atomic mass is 16.6. The molecule has 1 fully saturated rings. The fourth-order valence-electron chi connectivity index (χ4n) is 6.61. The van der Waals surface area contributed by atoms with Crippen molar-refractivity contribution >= 4 is 52.2 Å². The number of ether oxygens (including phenoxy) is 3. The van der Waals surface area contributed by atoms with E-state index in [0.717, 1.165) is 25.9 Å². The van der Waals surface area contributed by atoms with Gasteiger partial charge in [0.2, 0.25) is 17.8 Å². The third-order valence-electron chi connectivity index (χ3n) is 9.41. The van der Waals surface area contributed by atoms with Crippen molar-refractivity contribution in [2.45, 2.75) is 72.2 Å². The Labute approximate surface area is 343 Å². The quantitative estimate of drug-likeness (QED) is 0.0649. The van der Waals surface area contributed by atoms with Crippen LogP contribution in [0.15, 0.2) is 54.6 Å². The average Bonchev–Trinajstić information content (AvgIpc) is 3.73. The second-order valence-corrected chi connectivity index (χ2v) is 15.1. The van der Waals surface area contributed by atoms with E-state index < -0.39 is 29.4 Å². The SMILES string of the molecule is CCn1nc(C)cc1C(=O)Nc1nc2cc(C(N)=O)cc(OC)c2n1C/C=C/CNc1c(N)cc(C(N)=O)cc1OC/C=C\CN1CCC(NC(=O)OC(C)(C)C)CC1. The maximum Gasteiger partial charge on any atom is 0.407 e. The van der Waals surface area contributed by atoms with Gasteiger partial charge in [0.25, 0.3) is 5.91 Å². The van der Waals surface area contributed by atoms with Gasteiger partial charge in [-0.05, 0) is 77.8 Å². The standard InChI is InChI=1S/C41H55N11O7/c1-7-52-31(20-25(2)49-52)38(55)48-39-47-30-22-27(37(44)54)24-33(57-6)35(30)51(39)16-9-8-14-45-34-29(42)21-26(36(43)53)23-32(34)58-19-11-10-15-50-17-12-28(13-18-50)46-40(56)59-41(3,4)5/h8-11,20-24,28,45H,7,12-19,42H2,1-6H3,(H2,43,53)(H2,44,54)(H,46,56)(H,47,48,55)/b9-8+,11-10-. The molecule has 18 nitrogen and oxygen atoms in total. The maximum absolute atomic E-state index is 13.5. The Hall–Kier alpha value is -6.56. The number of aryl methyl sites for hydroxylation is 2. The summed E-state index contributed by atoms with van der Waals surface area (Å²) in [5, 5.41) is 13.5. The van der Waals surface area contributed by atoms with E-state index in [1.807, 2.05) is 58.9 Å². The average molecular weight is 814 g/mol. The summed E-state index contributed by atoms with van der Waals surface area (Å²) in [7, 11) is 1.47. The van der Waals surface area contributed by atoms with Crippen LogP contribution in [0.25, 0.3) is 11.0 Å². The molecule has 0 unspecified atom stereocenters. The molecule has 1 saturated heterocycles. The number of hydrogen-bond donors (Lipinski definition) is 6. The van der Waals surface area contributed by atoms with Crippen molar-refractivity contribution in [3.05, 3.63) is 77.2 Å². The first-order valence-corrected chi connectivity index (χ1v) is 19.4. The van der Waals surface area contributed by atoms with Gasteiger partial charge in [-0.1, -0.05) is 24.3 Å². The summed E-state index contributed by atoms with van der Waals surface area (Å²) in [6.07, 6.45) is 8.87. The Morgan fingerprint density at radius 1 is 0.932 bits per heavy atom. The van der Waals surface area contributed by atoms with Gasteiger partial charge in [-0.2, -0.15) is 5.10 Å². The Morgan fingerprint density at radius 2 is 1.61 bits per heavy atom. The minimum Gasteiger partial charge on any atom is -0.494 e. The third kappa shape index (κ3) is 11.5. The number of allylic oxidation sites excluding steroid dienone is 1. The summed E-state index contributed by atoms with van der Waals surface area (Å²) in [5.41, 5.74) is 20.2. The number of imidazole rings is 1. The molecule has 0 aliphatic carbocycles. The van der Waals surface area contributed by atoms with E-state index in [0.29, 0.717) is 59.2 Å². The van der Waals surface area contributed by atoms with Crippen LogP contribution in [0.3, 0.4) is 0 Å². The van der Waals surface area contributed by atoms with E-state index in [-0.39, 0.29) is 42.0 Å². The maximum atomic E-state index is 13.5. The number of fused-ring (bicyclic) bond motifs is 1. The molecule has 4 aromatic rings. The number of hydrogen-bond acceptors (Lipinski definition) is 12. The predicted molar refractivity (Wildman–Crippen MR) is 226 cm³/mol. The largest absolute Gasteiger partial charge is 0.494 e. The molecule has 2 aromatic heterocycles. The number of likely N-dealkylation sites (tertiary alicyclic amines) is 1. The van der Waals surface area contributed by atoms with Crippen LogP contribution in [0.2, 0.25) is 0 Å². The predicted octanol–water partition coefficient (Wildman–Crippen LogP) is 4.19. The second-order valence-electron chi connectivity index (χ2n) is 15.1. The van der Waals surface area contributed by atoms with Gasteiger partial charge in [0.05, 0.1) is 24.0 Å². The van der Waals surface area contributed by atoms with Crippen LogP contribution in [0.1, 0.15) is 77.4 Å². The number of anilines is 3. The molecule has 1 aliphatic heterocycles. The molecule has 59 heavy (non-hydrogen) atoms. The van der Waals surface area contributed by atoms with E-state index >= 15 is 0 Å². The summed E-state index contributed by atoms with van der Waals surface area (Å²) in [4.78, 5) is 56.7. The van der Waals surface area contributed by atoms with Crippen LogP contribution >= 0.6 is 0 Å². The minimum atomic E-state index is -0.649. The second kappa shape index (κ2) is 19.3. The lowest BCUT2D eigenvalue weighted by atomic mass is 10.1. The molecule has 0 radical (unpaired) electrons. The monoisotopic (exact) mass is 813 g/mol. The number of primary amides is 2. The van der Waals surface area contributed by atoms with E-state index in [4.69, 9.17) is 31.4 Å². The molecule has 18 heteroatoms. The van der Waals surface area contributed by atoms with Crippen molar-refractivity contribution in [2.24, 2.45) is 11.5 Å². The first-order valence-electron chi connectivity index (χ1n) is 19.4. The number of benzene rings is 2. The fourth-order valence-corrected chi connectivity index (χ4v) is 6.61. The van der Waals surface area contributed by atoms with Crippen LogP contribution < -0.4 is 42.6 Å². The zero-order chi connectivity index (χ0) is 42.9. The summed E-state index contributed by atoms with van der Waals surface area (Å²) in [6, 6.07) is 7.88. The van der Waals surface area contributed by atoms with Gasteiger partial charge in [0.1, 0.15) is 40.6 Å². The molecule has 4 amide bonds. The van der Waals surface area contributed by atoms with Crippen LogP contribution in [0.5, 0.6) is 11.5 Å². The van der Waals surface area contributed by atoms with Crippen LogP contribution in [-0.2, 0) is 17.8 Å². The number of carbonyl (C=O) groups excluding carboxylic acids is 4. The number of rotatable bonds is 17. The summed E-state index contributed by atoms with van der Waals surface area (Å²) in [6.45, 7) is 12.8. The smallest absolute Gasteiger partial charge is 0.407 e. The molecule has 0 saturated carbocycles. The molecule has 9 N–H and O–H groups in total. The van der Waals surface area contributed by atoms with Crippen LogP contribution in [0.4, 0.5) is 22.1 Å². The van der Waals surface area contributed by atoms with Gasteiger partial charge in [0, 0.05) is 56.4 Å². The zero-order valence-electron chi connectivity index (χ0n) is 34.5. The summed E-state index contributed by atoms with van der Waals surface area (Å²) >= 11 is 0. The molecular formula is C41H55N11O7. The Kier molecular flexibility index (Phi) is 14.2. The zero-order valence-corrected chi connectivity index (χ0v) is 34.5. The summed E-state index contributed by atoms with van der Waals surface area (Å²) < 4.78 is 20.4. The van der Waals surface area contributed by atoms with E-state index in [1.165, 1.54) is 19.2 Å². The lowest BCUT2D eigenvalue weighted by molar-refractivity contribution is 0.0480. The number of methoxy groups -OCH3 is 1. The number of amides is 4. The van der Waals surface area contributed by atoms with Gasteiger partial charge in [-0.15, -0.1) is 0 Å². The highest BCUT2D eigenvalue weighted by Gasteiger charge is 2.24. The van der Waals surface area contributed by atoms with Crippen molar-refractivity contribution in [1.29, 1.82) is 0 Å². The van der Waals surface area contributed by atoms with Gasteiger partial charge >= 0.3 is 6.09 Å². The van der Waals surface area contributed by atoms with Gasteiger partial charge in [0.15, 0.2) is 0 Å². The number of carbonyl (C=O) groups is 4.